The first-order chi connectivity index (χ1) is 13.5. The fourth-order valence-electron chi connectivity index (χ4n) is 2.24. The number of benzene rings is 1. The van der Waals surface area contributed by atoms with Crippen molar-refractivity contribution in [2.75, 3.05) is 0 Å². The molecule has 0 aliphatic carbocycles. The number of hydrogen-bond donors (Lipinski definition) is 1. The van der Waals surface area contributed by atoms with E-state index in [0.717, 1.165) is 11.6 Å². The molecule has 0 radical (unpaired) electrons. The van der Waals surface area contributed by atoms with Crippen molar-refractivity contribution in [3.05, 3.63) is 79.1 Å². The molecule has 0 saturated heterocycles. The number of ketones is 1. The van der Waals surface area contributed by atoms with E-state index in [0.29, 0.717) is 0 Å². The molecule has 0 spiro atoms. The fourth-order valence-corrected chi connectivity index (χ4v) is 2.24. The van der Waals surface area contributed by atoms with Gasteiger partial charge in [-0.2, -0.15) is 6.07 Å². The van der Waals surface area contributed by atoms with Crippen LogP contribution in [0.25, 0.3) is 11.6 Å². The molecule has 1 N–H and O–H groups in total. The van der Waals surface area contributed by atoms with Gasteiger partial charge < -0.3 is 14.2 Å². The molecule has 6 heteroatoms. The number of rotatable bonds is 3. The molecule has 5 nitrogen and oxygen atoms in total. The summed E-state index contributed by atoms with van der Waals surface area (Å²) in [4.78, 5) is 15.8. The summed E-state index contributed by atoms with van der Waals surface area (Å²) in [5.41, 5.74) is 0.331. The number of aliphatic hydroxyl groups is 1. The van der Waals surface area contributed by atoms with Gasteiger partial charge in [0, 0.05) is 56.1 Å². The van der Waals surface area contributed by atoms with Crippen LogP contribution in [0.3, 0.4) is 0 Å². The molecule has 2 aromatic heterocycles. The molecule has 3 rings (SSSR count). The Bertz CT molecular complexity index is 945. The molecule has 30 heavy (non-hydrogen) atoms. The molecule has 0 bridgehead atoms. The molecule has 0 saturated carbocycles. The predicted molar refractivity (Wildman–Crippen MR) is 116 cm³/mol. The number of allylic oxidation sites excluding steroid dienone is 2. The Morgan fingerprint density at radius 1 is 1.00 bits per heavy atom. The van der Waals surface area contributed by atoms with E-state index >= 15 is 0 Å². The van der Waals surface area contributed by atoms with Crippen LogP contribution in [0.1, 0.15) is 41.5 Å². The molecule has 2 heterocycles. The van der Waals surface area contributed by atoms with Crippen molar-refractivity contribution in [2.45, 2.75) is 41.5 Å². The van der Waals surface area contributed by atoms with Gasteiger partial charge in [0.2, 0.25) is 0 Å². The second-order valence-corrected chi connectivity index (χ2v) is 8.83. The summed E-state index contributed by atoms with van der Waals surface area (Å²) >= 11 is 0. The van der Waals surface area contributed by atoms with Crippen LogP contribution in [-0.2, 0) is 25.9 Å². The van der Waals surface area contributed by atoms with Crippen LogP contribution in [0, 0.1) is 17.0 Å². The van der Waals surface area contributed by atoms with Crippen LogP contribution >= 0.6 is 0 Å². The zero-order valence-electron chi connectivity index (χ0n) is 18.4. The van der Waals surface area contributed by atoms with Gasteiger partial charge in [0.1, 0.15) is 11.7 Å². The molecule has 0 unspecified atom stereocenters. The molecule has 0 aliphatic heterocycles. The van der Waals surface area contributed by atoms with Crippen molar-refractivity contribution in [2.24, 2.45) is 10.8 Å². The Morgan fingerprint density at radius 3 is 2.13 bits per heavy atom. The summed E-state index contributed by atoms with van der Waals surface area (Å²) < 4.78 is 3.89. The summed E-state index contributed by atoms with van der Waals surface area (Å²) in [6.45, 7) is 11.1. The second-order valence-electron chi connectivity index (χ2n) is 8.83. The number of carbonyl (C=O) groups excluding carboxylic acids is 1. The Balaban J connectivity index is 0.000000299. The van der Waals surface area contributed by atoms with E-state index in [1.807, 2.05) is 93.4 Å². The van der Waals surface area contributed by atoms with E-state index in [4.69, 9.17) is 0 Å². The Hall–Kier alpha value is -2.39. The van der Waals surface area contributed by atoms with Crippen LogP contribution in [0.4, 0.5) is 0 Å². The summed E-state index contributed by atoms with van der Waals surface area (Å²) in [7, 11) is 0. The molecule has 3 aromatic rings. The zero-order chi connectivity index (χ0) is 21.7. The van der Waals surface area contributed by atoms with Crippen molar-refractivity contribution >= 4 is 5.78 Å². The van der Waals surface area contributed by atoms with Gasteiger partial charge in [-0.05, 0) is 12.1 Å². The van der Waals surface area contributed by atoms with Gasteiger partial charge in [0.25, 0.3) is 0 Å². The van der Waals surface area contributed by atoms with Crippen LogP contribution in [0.15, 0.2) is 72.9 Å². The number of para-hydroxylation sites is 1. The van der Waals surface area contributed by atoms with E-state index in [1.54, 1.807) is 6.20 Å². The maximum atomic E-state index is 11.5. The minimum Gasteiger partial charge on any atom is -0.512 e. The molecular formula is C24H30N3O2Pt-. The number of hydrogen-bond acceptors (Lipinski definition) is 3. The molecule has 1 aromatic carbocycles. The maximum absolute atomic E-state index is 11.5. The van der Waals surface area contributed by atoms with Gasteiger partial charge >= 0.3 is 0 Å². The molecule has 0 aliphatic rings. The van der Waals surface area contributed by atoms with Gasteiger partial charge in [0.05, 0.1) is 0 Å². The molecule has 0 fully saturated rings. The monoisotopic (exact) mass is 587 g/mol. The molecular weight excluding hydrogens is 557 g/mol. The van der Waals surface area contributed by atoms with E-state index in [1.165, 1.54) is 6.08 Å². The SMILES string of the molecule is CC(C)(C)C(=O)/C=C(\O)C(C)(C)C.[Pt].[c-]1cccn1-c1nccn1-c1ccccc1. The first-order valence-corrected chi connectivity index (χ1v) is 9.60. The van der Waals surface area contributed by atoms with Gasteiger partial charge in [0.15, 0.2) is 5.78 Å². The van der Waals surface area contributed by atoms with Gasteiger partial charge in [-0.1, -0.05) is 65.9 Å². The summed E-state index contributed by atoms with van der Waals surface area (Å²) in [6.07, 6.45) is 10.1. The van der Waals surface area contributed by atoms with E-state index < -0.39 is 5.41 Å². The van der Waals surface area contributed by atoms with E-state index in [2.05, 4.69) is 23.3 Å². The van der Waals surface area contributed by atoms with Crippen molar-refractivity contribution in [1.82, 2.24) is 14.1 Å². The standard InChI is InChI=1S/C13H10N3.C11H20O2.Pt/c1-2-6-12(7-3-1)16-11-8-14-13(16)15-9-4-5-10-15;1-10(2,3)8(12)7-9(13)11(4,5)6;/h1-9,11H;7,12H,1-6H3;/q-1;;/b;8-7-;. The third-order valence-electron chi connectivity index (χ3n) is 4.19. The van der Waals surface area contributed by atoms with Gasteiger partial charge in [-0.3, -0.25) is 9.78 Å². The summed E-state index contributed by atoms with van der Waals surface area (Å²) in [5, 5.41) is 9.56. The van der Waals surface area contributed by atoms with Crippen LogP contribution < -0.4 is 0 Å². The average molecular weight is 588 g/mol. The number of carbonyl (C=O) groups is 1. The third-order valence-corrected chi connectivity index (χ3v) is 4.19. The number of aromatic nitrogens is 3. The van der Waals surface area contributed by atoms with E-state index in [-0.39, 0.29) is 38.0 Å². The predicted octanol–water partition coefficient (Wildman–Crippen LogP) is 5.55. The Kier molecular flexibility index (Phi) is 9.05. The number of imidazole rings is 1. The fraction of sp³-hybridized carbons (Fsp3) is 0.333. The first-order valence-electron chi connectivity index (χ1n) is 9.60. The van der Waals surface area contributed by atoms with E-state index in [9.17, 15) is 9.90 Å². The first kappa shape index (κ1) is 25.6. The minimum absolute atomic E-state index is 0. The maximum Gasteiger partial charge on any atom is 0.164 e. The third kappa shape index (κ3) is 7.14. The Morgan fingerprint density at radius 2 is 1.63 bits per heavy atom. The Labute approximate surface area is 193 Å². The molecule has 0 amide bonds. The zero-order valence-corrected chi connectivity index (χ0v) is 20.6. The largest absolute Gasteiger partial charge is 0.512 e. The van der Waals surface area contributed by atoms with Crippen molar-refractivity contribution in [3.63, 3.8) is 0 Å². The summed E-state index contributed by atoms with van der Waals surface area (Å²) in [6, 6.07) is 13.9. The smallest absolute Gasteiger partial charge is 0.164 e. The van der Waals surface area contributed by atoms with Crippen LogP contribution in [0.5, 0.6) is 0 Å². The van der Waals surface area contributed by atoms with Crippen molar-refractivity contribution < 1.29 is 31.0 Å². The summed E-state index contributed by atoms with van der Waals surface area (Å²) in [5.74, 6) is 0.948. The second kappa shape index (κ2) is 10.6. The average Bonchev–Trinajstić information content (AvgIpc) is 3.32. The quantitative estimate of drug-likeness (QED) is 0.249. The van der Waals surface area contributed by atoms with Gasteiger partial charge in [-0.25, -0.2) is 0 Å². The molecule has 164 valence electrons. The molecule has 0 atom stereocenters. The normalized spacial score (nSPS) is 11.9. The van der Waals surface area contributed by atoms with Crippen LogP contribution in [0.2, 0.25) is 0 Å². The van der Waals surface area contributed by atoms with Gasteiger partial charge in [-0.15, -0.1) is 12.3 Å². The minimum atomic E-state index is -0.417. The number of aliphatic hydroxyl groups excluding tert-OH is 1. The topological polar surface area (TPSA) is 60.0 Å². The van der Waals surface area contributed by atoms with Crippen molar-refractivity contribution in [1.29, 1.82) is 0 Å². The number of nitrogens with zero attached hydrogens (tertiary/aromatic N) is 3. The van der Waals surface area contributed by atoms with Crippen molar-refractivity contribution in [3.8, 4) is 11.6 Å². The van der Waals surface area contributed by atoms with Crippen LogP contribution in [-0.4, -0.2) is 25.0 Å².